The topological polar surface area (TPSA) is 54.0 Å². The Morgan fingerprint density at radius 1 is 1.47 bits per heavy atom. The highest BCUT2D eigenvalue weighted by Gasteiger charge is 2.08. The van der Waals surface area contributed by atoms with Gasteiger partial charge in [-0.2, -0.15) is 0 Å². The smallest absolute Gasteiger partial charge is 0.251 e. The number of nitrogens with one attached hydrogen (secondary N) is 2. The molecule has 0 atom stereocenters. The van der Waals surface area contributed by atoms with E-state index in [0.717, 1.165) is 15.9 Å². The molecule has 1 amide bonds. The largest absolute Gasteiger partial charge is 0.370 e. The van der Waals surface area contributed by atoms with Crippen LogP contribution in [0.2, 0.25) is 0 Å². The summed E-state index contributed by atoms with van der Waals surface area (Å²) in [5, 5.41) is 7.97. The van der Waals surface area contributed by atoms with Crippen molar-refractivity contribution in [1.29, 1.82) is 0 Å². The highest BCUT2D eigenvalue weighted by Crippen LogP contribution is 2.22. The SMILES string of the molecule is CCNc1cc(C(=O)NCc2sccc2Br)ccn1. The van der Waals surface area contributed by atoms with E-state index in [1.807, 2.05) is 18.4 Å². The summed E-state index contributed by atoms with van der Waals surface area (Å²) in [6, 6.07) is 5.43. The zero-order valence-corrected chi connectivity index (χ0v) is 12.8. The van der Waals surface area contributed by atoms with Gasteiger partial charge in [0.15, 0.2) is 0 Å². The Morgan fingerprint density at radius 3 is 3.00 bits per heavy atom. The van der Waals surface area contributed by atoms with E-state index in [2.05, 4.69) is 31.5 Å². The lowest BCUT2D eigenvalue weighted by Gasteiger charge is -2.06. The summed E-state index contributed by atoms with van der Waals surface area (Å²) in [6.45, 7) is 3.29. The predicted octanol–water partition coefficient (Wildman–Crippen LogP) is 3.27. The van der Waals surface area contributed by atoms with Crippen molar-refractivity contribution in [2.75, 3.05) is 11.9 Å². The normalized spacial score (nSPS) is 10.2. The van der Waals surface area contributed by atoms with Crippen LogP contribution in [0.3, 0.4) is 0 Å². The molecular weight excluding hydrogens is 326 g/mol. The highest BCUT2D eigenvalue weighted by atomic mass is 79.9. The Bertz CT molecular complexity index is 571. The first-order valence-corrected chi connectivity index (χ1v) is 7.58. The van der Waals surface area contributed by atoms with Gasteiger partial charge in [-0.1, -0.05) is 0 Å². The van der Waals surface area contributed by atoms with E-state index in [0.29, 0.717) is 17.9 Å². The van der Waals surface area contributed by atoms with E-state index < -0.39 is 0 Å². The van der Waals surface area contributed by atoms with Crippen LogP contribution in [-0.2, 0) is 6.54 Å². The number of pyridine rings is 1. The number of hydrogen-bond acceptors (Lipinski definition) is 4. The molecule has 19 heavy (non-hydrogen) atoms. The van der Waals surface area contributed by atoms with Crippen molar-refractivity contribution in [1.82, 2.24) is 10.3 Å². The molecule has 2 heterocycles. The van der Waals surface area contributed by atoms with Gasteiger partial charge in [-0.05, 0) is 46.4 Å². The Hall–Kier alpha value is -1.40. The standard InChI is InChI=1S/C13H14BrN3OS/c1-2-15-12-7-9(3-5-16-12)13(18)17-8-11-10(14)4-6-19-11/h3-7H,2,8H2,1H3,(H,15,16)(H,17,18). The lowest BCUT2D eigenvalue weighted by Crippen LogP contribution is -2.22. The van der Waals surface area contributed by atoms with Crippen molar-refractivity contribution in [3.8, 4) is 0 Å². The van der Waals surface area contributed by atoms with Crippen molar-refractivity contribution in [3.05, 3.63) is 44.7 Å². The van der Waals surface area contributed by atoms with Crippen LogP contribution in [0, 0.1) is 0 Å². The molecule has 6 heteroatoms. The number of thiophene rings is 1. The minimum atomic E-state index is -0.0955. The molecular formula is C13H14BrN3OS. The Labute approximate surface area is 124 Å². The fourth-order valence-corrected chi connectivity index (χ4v) is 3.00. The molecule has 0 aliphatic carbocycles. The average Bonchev–Trinajstić information content (AvgIpc) is 2.82. The average molecular weight is 340 g/mol. The summed E-state index contributed by atoms with van der Waals surface area (Å²) in [5.74, 6) is 0.620. The van der Waals surface area contributed by atoms with E-state index in [9.17, 15) is 4.79 Å². The van der Waals surface area contributed by atoms with E-state index in [4.69, 9.17) is 0 Å². The van der Waals surface area contributed by atoms with Gasteiger partial charge >= 0.3 is 0 Å². The predicted molar refractivity (Wildman–Crippen MR) is 81.6 cm³/mol. The molecule has 0 aromatic carbocycles. The number of halogens is 1. The number of amides is 1. The van der Waals surface area contributed by atoms with Gasteiger partial charge in [0, 0.05) is 27.7 Å². The van der Waals surface area contributed by atoms with Crippen LogP contribution in [0.5, 0.6) is 0 Å². The van der Waals surface area contributed by atoms with Crippen LogP contribution in [0.1, 0.15) is 22.2 Å². The molecule has 2 rings (SSSR count). The number of aromatic nitrogens is 1. The summed E-state index contributed by atoms with van der Waals surface area (Å²) < 4.78 is 1.03. The van der Waals surface area contributed by atoms with Crippen LogP contribution in [0.25, 0.3) is 0 Å². The maximum atomic E-state index is 12.0. The first kappa shape index (κ1) is 14.0. The van der Waals surface area contributed by atoms with Gasteiger partial charge in [0.25, 0.3) is 5.91 Å². The summed E-state index contributed by atoms with van der Waals surface area (Å²) in [5.41, 5.74) is 0.610. The Morgan fingerprint density at radius 2 is 2.32 bits per heavy atom. The van der Waals surface area contributed by atoms with Crippen molar-refractivity contribution in [2.24, 2.45) is 0 Å². The second-order valence-corrected chi connectivity index (χ2v) is 5.69. The molecule has 100 valence electrons. The van der Waals surface area contributed by atoms with E-state index >= 15 is 0 Å². The van der Waals surface area contributed by atoms with Gasteiger partial charge in [0.05, 0.1) is 6.54 Å². The van der Waals surface area contributed by atoms with Crippen LogP contribution < -0.4 is 10.6 Å². The molecule has 4 nitrogen and oxygen atoms in total. The third-order valence-corrected chi connectivity index (χ3v) is 4.41. The van der Waals surface area contributed by atoms with Crippen LogP contribution >= 0.6 is 27.3 Å². The van der Waals surface area contributed by atoms with Gasteiger partial charge in [-0.15, -0.1) is 11.3 Å². The monoisotopic (exact) mass is 339 g/mol. The van der Waals surface area contributed by atoms with Crippen molar-refractivity contribution in [2.45, 2.75) is 13.5 Å². The quantitative estimate of drug-likeness (QED) is 0.878. The molecule has 0 unspecified atom stereocenters. The van der Waals surface area contributed by atoms with Crippen LogP contribution in [0.4, 0.5) is 5.82 Å². The fourth-order valence-electron chi connectivity index (χ4n) is 1.56. The third kappa shape index (κ3) is 3.78. The van der Waals surface area contributed by atoms with Crippen molar-refractivity contribution in [3.63, 3.8) is 0 Å². The third-order valence-electron chi connectivity index (χ3n) is 2.48. The molecule has 0 aliphatic rings. The number of carbonyl (C=O) groups excluding carboxylic acids is 1. The van der Waals surface area contributed by atoms with Gasteiger partial charge in [0.2, 0.25) is 0 Å². The highest BCUT2D eigenvalue weighted by molar-refractivity contribution is 9.10. The van der Waals surface area contributed by atoms with Gasteiger partial charge in [-0.25, -0.2) is 4.98 Å². The van der Waals surface area contributed by atoms with Crippen LogP contribution in [0.15, 0.2) is 34.2 Å². The second-order valence-electron chi connectivity index (χ2n) is 3.83. The minimum absolute atomic E-state index is 0.0955. The summed E-state index contributed by atoms with van der Waals surface area (Å²) in [4.78, 5) is 17.3. The fraction of sp³-hybridized carbons (Fsp3) is 0.231. The van der Waals surface area contributed by atoms with E-state index in [1.165, 1.54) is 0 Å². The maximum absolute atomic E-state index is 12.0. The minimum Gasteiger partial charge on any atom is -0.370 e. The molecule has 2 N–H and O–H groups in total. The maximum Gasteiger partial charge on any atom is 0.251 e. The molecule has 0 bridgehead atoms. The summed E-state index contributed by atoms with van der Waals surface area (Å²) >= 11 is 5.06. The zero-order chi connectivity index (χ0) is 13.7. The number of carbonyl (C=O) groups is 1. The number of hydrogen-bond donors (Lipinski definition) is 2. The lowest BCUT2D eigenvalue weighted by molar-refractivity contribution is 0.0951. The molecule has 0 fully saturated rings. The number of rotatable bonds is 5. The Balaban J connectivity index is 2.00. The number of nitrogens with zero attached hydrogens (tertiary/aromatic N) is 1. The zero-order valence-electron chi connectivity index (χ0n) is 10.4. The molecule has 0 saturated heterocycles. The summed E-state index contributed by atoms with van der Waals surface area (Å²) in [6.07, 6.45) is 1.63. The van der Waals surface area contributed by atoms with Gasteiger partial charge < -0.3 is 10.6 Å². The van der Waals surface area contributed by atoms with Crippen molar-refractivity contribution >= 4 is 39.0 Å². The first-order chi connectivity index (χ1) is 9.20. The van der Waals surface area contributed by atoms with Gasteiger partial charge in [0.1, 0.15) is 5.82 Å². The Kier molecular flexibility index (Phi) is 4.93. The van der Waals surface area contributed by atoms with Crippen LogP contribution in [-0.4, -0.2) is 17.4 Å². The van der Waals surface area contributed by atoms with Gasteiger partial charge in [-0.3, -0.25) is 4.79 Å². The number of anilines is 1. The first-order valence-electron chi connectivity index (χ1n) is 5.90. The molecule has 0 spiro atoms. The molecule has 2 aromatic rings. The molecule has 2 aromatic heterocycles. The lowest BCUT2D eigenvalue weighted by atomic mass is 10.2. The molecule has 0 saturated carbocycles. The van der Waals surface area contributed by atoms with E-state index in [1.54, 1.807) is 29.7 Å². The van der Waals surface area contributed by atoms with E-state index in [-0.39, 0.29) is 5.91 Å². The second kappa shape index (κ2) is 6.68. The summed E-state index contributed by atoms with van der Waals surface area (Å²) in [7, 11) is 0. The van der Waals surface area contributed by atoms with Crippen molar-refractivity contribution < 1.29 is 4.79 Å². The molecule has 0 aliphatic heterocycles. The molecule has 0 radical (unpaired) electrons.